The molecule has 1 N–H and O–H groups in total. The summed E-state index contributed by atoms with van der Waals surface area (Å²) >= 11 is 0. The summed E-state index contributed by atoms with van der Waals surface area (Å²) in [6.07, 6.45) is 4.31. The summed E-state index contributed by atoms with van der Waals surface area (Å²) in [5.74, 6) is 0.966. The third kappa shape index (κ3) is 0.510. The van der Waals surface area contributed by atoms with Crippen LogP contribution >= 0.6 is 0 Å². The first-order valence-corrected chi connectivity index (χ1v) is 3.62. The van der Waals surface area contributed by atoms with E-state index in [2.05, 4.69) is 12.2 Å². The van der Waals surface area contributed by atoms with Crippen LogP contribution in [0.4, 0.5) is 0 Å². The van der Waals surface area contributed by atoms with Crippen LogP contribution in [0.1, 0.15) is 26.2 Å². The van der Waals surface area contributed by atoms with Crippen molar-refractivity contribution in [1.82, 2.24) is 5.32 Å². The third-order valence-corrected chi connectivity index (χ3v) is 2.62. The molecule has 2 saturated heterocycles. The van der Waals surface area contributed by atoms with Crippen LogP contribution in [0.2, 0.25) is 0 Å². The number of nitrogens with one attached hydrogen (secondary N) is 1. The molecule has 2 heterocycles. The average Bonchev–Trinajstić information content (AvgIpc) is 2.23. The zero-order chi connectivity index (χ0) is 5.56. The molecule has 0 spiro atoms. The fourth-order valence-electron chi connectivity index (χ4n) is 2.10. The van der Waals surface area contributed by atoms with Crippen LogP contribution < -0.4 is 5.32 Å². The van der Waals surface area contributed by atoms with Crippen molar-refractivity contribution < 1.29 is 0 Å². The van der Waals surface area contributed by atoms with Crippen molar-refractivity contribution in [2.45, 2.75) is 38.3 Å². The highest BCUT2D eigenvalue weighted by Crippen LogP contribution is 2.32. The Labute approximate surface area is 50.5 Å². The lowest BCUT2D eigenvalue weighted by Gasteiger charge is -2.13. The van der Waals surface area contributed by atoms with Gasteiger partial charge in [-0.2, -0.15) is 0 Å². The van der Waals surface area contributed by atoms with Crippen LogP contribution in [-0.4, -0.2) is 12.1 Å². The maximum atomic E-state index is 3.58. The molecule has 8 heavy (non-hydrogen) atoms. The molecule has 2 bridgehead atoms. The Balaban J connectivity index is 2.11. The Bertz CT molecular complexity index is 98.6. The quantitative estimate of drug-likeness (QED) is 0.494. The van der Waals surface area contributed by atoms with E-state index in [9.17, 15) is 0 Å². The van der Waals surface area contributed by atoms with Crippen LogP contribution in [0.25, 0.3) is 0 Å². The van der Waals surface area contributed by atoms with Crippen LogP contribution in [0, 0.1) is 5.92 Å². The fourth-order valence-corrected chi connectivity index (χ4v) is 2.10. The minimum atomic E-state index is 0.889. The maximum absolute atomic E-state index is 3.58. The molecular formula is C7H13N. The Morgan fingerprint density at radius 1 is 1.38 bits per heavy atom. The van der Waals surface area contributed by atoms with Gasteiger partial charge in [-0.3, -0.25) is 0 Å². The monoisotopic (exact) mass is 111 g/mol. The molecule has 0 aromatic heterocycles. The molecule has 0 aliphatic carbocycles. The molecule has 0 radical (unpaired) electrons. The van der Waals surface area contributed by atoms with Gasteiger partial charge in [-0.15, -0.1) is 0 Å². The van der Waals surface area contributed by atoms with Crippen molar-refractivity contribution >= 4 is 0 Å². The molecule has 2 fully saturated rings. The van der Waals surface area contributed by atoms with Crippen LogP contribution in [0.3, 0.4) is 0 Å². The molecule has 46 valence electrons. The smallest absolute Gasteiger partial charge is 0.00964 e. The summed E-state index contributed by atoms with van der Waals surface area (Å²) < 4.78 is 0. The highest BCUT2D eigenvalue weighted by atomic mass is 15.0. The number of fused-ring (bicyclic) bond motifs is 2. The zero-order valence-corrected chi connectivity index (χ0v) is 5.35. The maximum Gasteiger partial charge on any atom is 0.00964 e. The van der Waals surface area contributed by atoms with Crippen molar-refractivity contribution in [2.75, 3.05) is 0 Å². The first-order chi connectivity index (χ1) is 3.86. The Morgan fingerprint density at radius 3 is 2.50 bits per heavy atom. The van der Waals surface area contributed by atoms with Gasteiger partial charge >= 0.3 is 0 Å². The standard InChI is InChI=1S/C7H13N/c1-5-4-6-2-3-7(5)8-6/h5-8H,2-4H2,1H3/t5?,6-,7+/m1/s1. The number of hydrogen-bond donors (Lipinski definition) is 1. The van der Waals surface area contributed by atoms with E-state index in [1.54, 1.807) is 0 Å². The van der Waals surface area contributed by atoms with Gasteiger partial charge in [0, 0.05) is 12.1 Å². The number of hydrogen-bond acceptors (Lipinski definition) is 1. The fraction of sp³-hybridized carbons (Fsp3) is 1.00. The second kappa shape index (κ2) is 1.47. The lowest BCUT2D eigenvalue weighted by Crippen LogP contribution is -2.20. The Hall–Kier alpha value is -0.0400. The van der Waals surface area contributed by atoms with Gasteiger partial charge in [-0.1, -0.05) is 6.92 Å². The van der Waals surface area contributed by atoms with E-state index < -0.39 is 0 Å². The van der Waals surface area contributed by atoms with E-state index in [4.69, 9.17) is 0 Å². The van der Waals surface area contributed by atoms with Gasteiger partial charge in [0.2, 0.25) is 0 Å². The van der Waals surface area contributed by atoms with E-state index >= 15 is 0 Å². The van der Waals surface area contributed by atoms with E-state index in [1.807, 2.05) is 0 Å². The molecule has 0 aromatic rings. The molecule has 2 rings (SSSR count). The average molecular weight is 111 g/mol. The normalized spacial score (nSPS) is 52.9. The van der Waals surface area contributed by atoms with Crippen LogP contribution in [0.15, 0.2) is 0 Å². The van der Waals surface area contributed by atoms with Crippen LogP contribution in [-0.2, 0) is 0 Å². The predicted molar refractivity (Wildman–Crippen MR) is 33.7 cm³/mol. The van der Waals surface area contributed by atoms with E-state index in [-0.39, 0.29) is 0 Å². The second-order valence-electron chi connectivity index (χ2n) is 3.26. The summed E-state index contributed by atoms with van der Waals surface area (Å²) in [6, 6.07) is 1.79. The highest BCUT2D eigenvalue weighted by molar-refractivity contribution is 4.95. The number of rotatable bonds is 0. The topological polar surface area (TPSA) is 12.0 Å². The van der Waals surface area contributed by atoms with E-state index in [0.717, 1.165) is 18.0 Å². The molecule has 2 aliphatic rings. The van der Waals surface area contributed by atoms with Gasteiger partial charge < -0.3 is 5.32 Å². The van der Waals surface area contributed by atoms with Crippen LogP contribution in [0.5, 0.6) is 0 Å². The summed E-state index contributed by atoms with van der Waals surface area (Å²) in [5, 5.41) is 3.58. The van der Waals surface area contributed by atoms with Gasteiger partial charge in [-0.05, 0) is 25.2 Å². The van der Waals surface area contributed by atoms with Gasteiger partial charge in [-0.25, -0.2) is 0 Å². The Morgan fingerprint density at radius 2 is 2.25 bits per heavy atom. The van der Waals surface area contributed by atoms with Crippen molar-refractivity contribution in [2.24, 2.45) is 5.92 Å². The molecular weight excluding hydrogens is 98.1 g/mol. The van der Waals surface area contributed by atoms with Gasteiger partial charge in [0.15, 0.2) is 0 Å². The largest absolute Gasteiger partial charge is 0.311 e. The van der Waals surface area contributed by atoms with Crippen molar-refractivity contribution in [1.29, 1.82) is 0 Å². The molecule has 1 unspecified atom stereocenters. The first-order valence-electron chi connectivity index (χ1n) is 3.62. The molecule has 1 nitrogen and oxygen atoms in total. The highest BCUT2D eigenvalue weighted by Gasteiger charge is 2.35. The summed E-state index contributed by atoms with van der Waals surface area (Å²) in [7, 11) is 0. The third-order valence-electron chi connectivity index (χ3n) is 2.62. The lowest BCUT2D eigenvalue weighted by molar-refractivity contribution is 0.439. The van der Waals surface area contributed by atoms with Gasteiger partial charge in [0.1, 0.15) is 0 Å². The second-order valence-corrected chi connectivity index (χ2v) is 3.26. The first kappa shape index (κ1) is 4.80. The molecule has 0 amide bonds. The molecule has 0 saturated carbocycles. The summed E-state index contributed by atoms with van der Waals surface area (Å²) in [6.45, 7) is 2.36. The SMILES string of the molecule is CC1C[C@H]2CC[C@@H]1N2. The van der Waals surface area contributed by atoms with E-state index in [0.29, 0.717) is 0 Å². The molecule has 0 aromatic carbocycles. The zero-order valence-electron chi connectivity index (χ0n) is 5.35. The molecule has 3 atom stereocenters. The van der Waals surface area contributed by atoms with Gasteiger partial charge in [0.05, 0.1) is 0 Å². The minimum absolute atomic E-state index is 0.889. The predicted octanol–water partition coefficient (Wildman–Crippen LogP) is 1.15. The van der Waals surface area contributed by atoms with Crippen molar-refractivity contribution in [3.05, 3.63) is 0 Å². The lowest BCUT2D eigenvalue weighted by atomic mass is 9.91. The van der Waals surface area contributed by atoms with Crippen molar-refractivity contribution in [3.8, 4) is 0 Å². The minimum Gasteiger partial charge on any atom is -0.311 e. The summed E-state index contributed by atoms with van der Waals surface area (Å²) in [5.41, 5.74) is 0. The Kier molecular flexibility index (Phi) is 0.884. The van der Waals surface area contributed by atoms with Gasteiger partial charge in [0.25, 0.3) is 0 Å². The van der Waals surface area contributed by atoms with E-state index in [1.165, 1.54) is 19.3 Å². The van der Waals surface area contributed by atoms with Crippen molar-refractivity contribution in [3.63, 3.8) is 0 Å². The molecule has 2 aliphatic heterocycles. The summed E-state index contributed by atoms with van der Waals surface area (Å²) in [4.78, 5) is 0. The molecule has 1 heteroatoms.